The SMILES string of the molecule is Cc1cccc(N2CCCC(C(=O)NC3CCCCC3)C2)c1. The number of piperidine rings is 1. The number of carbonyl (C=O) groups is 1. The number of nitrogens with one attached hydrogen (secondary N) is 1. The first-order chi connectivity index (χ1) is 10.7. The number of nitrogens with zero attached hydrogens (tertiary/aromatic N) is 1. The normalized spacial score (nSPS) is 23.3. The van der Waals surface area contributed by atoms with E-state index in [0.717, 1.165) is 25.9 Å². The van der Waals surface area contributed by atoms with E-state index in [1.807, 2.05) is 0 Å². The van der Waals surface area contributed by atoms with Gasteiger partial charge in [-0.1, -0.05) is 31.4 Å². The van der Waals surface area contributed by atoms with Crippen molar-refractivity contribution in [2.45, 2.75) is 57.9 Å². The molecule has 1 amide bonds. The van der Waals surface area contributed by atoms with Crippen molar-refractivity contribution in [1.82, 2.24) is 5.32 Å². The molecule has 1 aliphatic heterocycles. The summed E-state index contributed by atoms with van der Waals surface area (Å²) < 4.78 is 0. The van der Waals surface area contributed by atoms with E-state index in [9.17, 15) is 4.79 Å². The summed E-state index contributed by atoms with van der Waals surface area (Å²) in [6.07, 6.45) is 8.34. The third kappa shape index (κ3) is 3.82. The second-order valence-corrected chi connectivity index (χ2v) is 6.97. The monoisotopic (exact) mass is 300 g/mol. The quantitative estimate of drug-likeness (QED) is 0.924. The van der Waals surface area contributed by atoms with Gasteiger partial charge in [-0.15, -0.1) is 0 Å². The Hall–Kier alpha value is -1.51. The van der Waals surface area contributed by atoms with Crippen LogP contribution in [-0.4, -0.2) is 25.0 Å². The summed E-state index contributed by atoms with van der Waals surface area (Å²) in [4.78, 5) is 14.9. The van der Waals surface area contributed by atoms with Crippen LogP contribution in [0.15, 0.2) is 24.3 Å². The molecule has 2 aliphatic rings. The average molecular weight is 300 g/mol. The largest absolute Gasteiger partial charge is 0.371 e. The molecule has 0 bridgehead atoms. The molecule has 1 atom stereocenters. The Balaban J connectivity index is 1.58. The Bertz CT molecular complexity index is 508. The highest BCUT2D eigenvalue weighted by molar-refractivity contribution is 5.80. The van der Waals surface area contributed by atoms with Crippen LogP contribution >= 0.6 is 0 Å². The van der Waals surface area contributed by atoms with Crippen LogP contribution in [0.5, 0.6) is 0 Å². The van der Waals surface area contributed by atoms with Gasteiger partial charge in [-0.05, 0) is 50.3 Å². The predicted molar refractivity (Wildman–Crippen MR) is 91.1 cm³/mol. The van der Waals surface area contributed by atoms with Crippen LogP contribution in [0.3, 0.4) is 0 Å². The highest BCUT2D eigenvalue weighted by Crippen LogP contribution is 2.25. The summed E-state index contributed by atoms with van der Waals surface area (Å²) in [5.41, 5.74) is 2.54. The van der Waals surface area contributed by atoms with Crippen molar-refractivity contribution in [3.63, 3.8) is 0 Å². The van der Waals surface area contributed by atoms with Crippen molar-refractivity contribution in [3.8, 4) is 0 Å². The number of carbonyl (C=O) groups excluding carboxylic acids is 1. The third-order valence-electron chi connectivity index (χ3n) is 5.11. The fourth-order valence-corrected chi connectivity index (χ4v) is 3.82. The molecule has 3 nitrogen and oxygen atoms in total. The molecule has 0 radical (unpaired) electrons. The van der Waals surface area contributed by atoms with Crippen molar-refractivity contribution in [3.05, 3.63) is 29.8 Å². The van der Waals surface area contributed by atoms with E-state index in [0.29, 0.717) is 6.04 Å². The van der Waals surface area contributed by atoms with Crippen molar-refractivity contribution < 1.29 is 4.79 Å². The van der Waals surface area contributed by atoms with Gasteiger partial charge in [-0.2, -0.15) is 0 Å². The van der Waals surface area contributed by atoms with E-state index >= 15 is 0 Å². The Morgan fingerprint density at radius 2 is 1.95 bits per heavy atom. The zero-order valence-corrected chi connectivity index (χ0v) is 13.7. The van der Waals surface area contributed by atoms with Crippen LogP contribution in [-0.2, 0) is 4.79 Å². The molecule has 2 fully saturated rings. The number of benzene rings is 1. The second-order valence-electron chi connectivity index (χ2n) is 6.97. The van der Waals surface area contributed by atoms with Crippen molar-refractivity contribution in [2.24, 2.45) is 5.92 Å². The Labute approximate surface area is 134 Å². The molecule has 0 spiro atoms. The van der Waals surface area contributed by atoms with Gasteiger partial charge >= 0.3 is 0 Å². The van der Waals surface area contributed by atoms with Gasteiger partial charge in [0.25, 0.3) is 0 Å². The maximum atomic E-state index is 12.6. The van der Waals surface area contributed by atoms with Gasteiger partial charge in [-0.3, -0.25) is 4.79 Å². The zero-order chi connectivity index (χ0) is 15.4. The molecule has 3 rings (SSSR count). The van der Waals surface area contributed by atoms with E-state index in [2.05, 4.69) is 41.4 Å². The Morgan fingerprint density at radius 1 is 1.14 bits per heavy atom. The summed E-state index contributed by atoms with van der Waals surface area (Å²) in [6, 6.07) is 9.04. The fraction of sp³-hybridized carbons (Fsp3) is 0.632. The van der Waals surface area contributed by atoms with E-state index in [4.69, 9.17) is 0 Å². The summed E-state index contributed by atoms with van der Waals surface area (Å²) >= 11 is 0. The van der Waals surface area contributed by atoms with E-state index < -0.39 is 0 Å². The van der Waals surface area contributed by atoms with Crippen LogP contribution in [0, 0.1) is 12.8 Å². The number of hydrogen-bond donors (Lipinski definition) is 1. The summed E-state index contributed by atoms with van der Waals surface area (Å²) in [7, 11) is 0. The standard InChI is InChI=1S/C19H28N2O/c1-15-7-5-11-18(13-15)21-12-6-8-16(14-21)19(22)20-17-9-3-2-4-10-17/h5,7,11,13,16-17H,2-4,6,8-10,12,14H2,1H3,(H,20,22). The number of hydrogen-bond acceptors (Lipinski definition) is 2. The molecule has 1 saturated heterocycles. The molecular formula is C19H28N2O. The Morgan fingerprint density at radius 3 is 2.73 bits per heavy atom. The lowest BCUT2D eigenvalue weighted by Crippen LogP contribution is -2.46. The molecule has 120 valence electrons. The molecule has 1 heterocycles. The van der Waals surface area contributed by atoms with Crippen molar-refractivity contribution in [2.75, 3.05) is 18.0 Å². The first-order valence-corrected chi connectivity index (χ1v) is 8.84. The molecule has 22 heavy (non-hydrogen) atoms. The highest BCUT2D eigenvalue weighted by Gasteiger charge is 2.27. The minimum absolute atomic E-state index is 0.149. The maximum absolute atomic E-state index is 12.6. The highest BCUT2D eigenvalue weighted by atomic mass is 16.2. The van der Waals surface area contributed by atoms with E-state index in [-0.39, 0.29) is 11.8 Å². The molecule has 1 unspecified atom stereocenters. The lowest BCUT2D eigenvalue weighted by molar-refractivity contribution is -0.126. The summed E-state index contributed by atoms with van der Waals surface area (Å²) in [5.74, 6) is 0.431. The smallest absolute Gasteiger partial charge is 0.225 e. The fourth-order valence-electron chi connectivity index (χ4n) is 3.82. The van der Waals surface area contributed by atoms with Gasteiger partial charge in [0.05, 0.1) is 5.92 Å². The van der Waals surface area contributed by atoms with E-state index in [1.165, 1.54) is 43.4 Å². The summed E-state index contributed by atoms with van der Waals surface area (Å²) in [6.45, 7) is 4.05. The average Bonchev–Trinajstić information content (AvgIpc) is 2.56. The predicted octanol–water partition coefficient (Wildman–Crippen LogP) is 3.66. The van der Waals surface area contributed by atoms with Gasteiger partial charge in [0.1, 0.15) is 0 Å². The number of rotatable bonds is 3. The van der Waals surface area contributed by atoms with E-state index in [1.54, 1.807) is 0 Å². The van der Waals surface area contributed by atoms with Gasteiger partial charge in [0, 0.05) is 24.8 Å². The third-order valence-corrected chi connectivity index (χ3v) is 5.11. The number of amides is 1. The lowest BCUT2D eigenvalue weighted by Gasteiger charge is -2.35. The van der Waals surface area contributed by atoms with Gasteiger partial charge in [0.15, 0.2) is 0 Å². The molecule has 1 saturated carbocycles. The van der Waals surface area contributed by atoms with Crippen LogP contribution in [0.4, 0.5) is 5.69 Å². The summed E-state index contributed by atoms with van der Waals surface area (Å²) in [5, 5.41) is 3.31. The number of aryl methyl sites for hydroxylation is 1. The molecular weight excluding hydrogens is 272 g/mol. The molecule has 3 heteroatoms. The lowest BCUT2D eigenvalue weighted by atomic mass is 9.93. The van der Waals surface area contributed by atoms with Crippen LogP contribution in [0.2, 0.25) is 0 Å². The second kappa shape index (κ2) is 7.17. The van der Waals surface area contributed by atoms with Gasteiger partial charge < -0.3 is 10.2 Å². The number of anilines is 1. The Kier molecular flexibility index (Phi) is 5.01. The molecule has 1 aliphatic carbocycles. The molecule has 1 aromatic rings. The zero-order valence-electron chi connectivity index (χ0n) is 13.7. The van der Waals surface area contributed by atoms with Crippen molar-refractivity contribution in [1.29, 1.82) is 0 Å². The van der Waals surface area contributed by atoms with Gasteiger partial charge in [0.2, 0.25) is 5.91 Å². The van der Waals surface area contributed by atoms with Crippen LogP contribution < -0.4 is 10.2 Å². The molecule has 0 aromatic heterocycles. The minimum atomic E-state index is 0.149. The first kappa shape index (κ1) is 15.4. The van der Waals surface area contributed by atoms with Crippen LogP contribution in [0.25, 0.3) is 0 Å². The maximum Gasteiger partial charge on any atom is 0.225 e. The van der Waals surface area contributed by atoms with Crippen molar-refractivity contribution >= 4 is 11.6 Å². The molecule has 1 aromatic carbocycles. The van der Waals surface area contributed by atoms with Crippen LogP contribution in [0.1, 0.15) is 50.5 Å². The van der Waals surface area contributed by atoms with Gasteiger partial charge in [-0.25, -0.2) is 0 Å². The first-order valence-electron chi connectivity index (χ1n) is 8.84. The topological polar surface area (TPSA) is 32.3 Å². The minimum Gasteiger partial charge on any atom is -0.371 e. The molecule has 1 N–H and O–H groups in total.